The van der Waals surface area contributed by atoms with Gasteiger partial charge in [-0.05, 0) is 48.5 Å². The van der Waals surface area contributed by atoms with Crippen molar-refractivity contribution >= 4 is 11.8 Å². The molecule has 0 radical (unpaired) electrons. The lowest BCUT2D eigenvalue weighted by Gasteiger charge is -1.99. The van der Waals surface area contributed by atoms with E-state index in [0.717, 1.165) is 22.6 Å². The molecule has 4 aromatic rings. The lowest BCUT2D eigenvalue weighted by molar-refractivity contribution is 0.414. The molecule has 0 saturated heterocycles. The average molecular weight is 395 g/mol. The van der Waals surface area contributed by atoms with Crippen LogP contribution < -0.4 is 9.47 Å². The summed E-state index contributed by atoms with van der Waals surface area (Å²) in [5.41, 5.74) is 1.77. The molecule has 0 fully saturated rings. The molecule has 1 N–H and O–H groups in total. The molecule has 28 heavy (non-hydrogen) atoms. The van der Waals surface area contributed by atoms with Crippen molar-refractivity contribution in [2.24, 2.45) is 0 Å². The number of thioether (sulfide) groups is 1. The van der Waals surface area contributed by atoms with Crippen LogP contribution in [0.2, 0.25) is 0 Å². The molecule has 0 saturated carbocycles. The van der Waals surface area contributed by atoms with Gasteiger partial charge in [0, 0.05) is 11.1 Å². The molecule has 0 unspecified atom stereocenters. The summed E-state index contributed by atoms with van der Waals surface area (Å²) in [7, 11) is 3.26. The molecular weight excluding hydrogens is 378 g/mol. The van der Waals surface area contributed by atoms with Crippen LogP contribution in [-0.2, 0) is 5.75 Å². The minimum Gasteiger partial charge on any atom is -0.497 e. The second-order valence-corrected chi connectivity index (χ2v) is 6.66. The maximum Gasteiger partial charge on any atom is 0.247 e. The van der Waals surface area contributed by atoms with Gasteiger partial charge in [-0.1, -0.05) is 11.8 Å². The van der Waals surface area contributed by atoms with E-state index in [1.165, 1.54) is 11.8 Å². The van der Waals surface area contributed by atoms with Crippen LogP contribution in [0, 0.1) is 0 Å². The summed E-state index contributed by atoms with van der Waals surface area (Å²) in [6, 6.07) is 15.1. The lowest BCUT2D eigenvalue weighted by atomic mass is 10.2. The zero-order valence-corrected chi connectivity index (χ0v) is 16.1. The maximum atomic E-state index is 5.72. The molecule has 4 rings (SSSR count). The molecule has 0 aliphatic carbocycles. The SMILES string of the molecule is COc1ccc(-c2nc(SCc3nnc(-c4ccc(OC)cc4)o3)n[nH]2)cc1. The third-order valence-corrected chi connectivity index (χ3v) is 4.79. The Labute approximate surface area is 165 Å². The van der Waals surface area contributed by atoms with Crippen LogP contribution in [0.3, 0.4) is 0 Å². The fraction of sp³-hybridized carbons (Fsp3) is 0.158. The summed E-state index contributed by atoms with van der Waals surface area (Å²) >= 11 is 1.42. The predicted octanol–water partition coefficient (Wildman–Crippen LogP) is 3.83. The average Bonchev–Trinajstić information content (AvgIpc) is 3.42. The van der Waals surface area contributed by atoms with Gasteiger partial charge in [0.25, 0.3) is 0 Å². The third kappa shape index (κ3) is 3.99. The lowest BCUT2D eigenvalue weighted by Crippen LogP contribution is -1.84. The van der Waals surface area contributed by atoms with Crippen LogP contribution in [0.4, 0.5) is 0 Å². The molecule has 142 valence electrons. The van der Waals surface area contributed by atoms with Crippen molar-refractivity contribution in [3.63, 3.8) is 0 Å². The first-order chi connectivity index (χ1) is 13.7. The molecule has 0 atom stereocenters. The quantitative estimate of drug-likeness (QED) is 0.471. The standard InChI is InChI=1S/C19H17N5O3S/c1-25-14-7-3-12(4-8-14)17-20-19(24-22-17)28-11-16-21-23-18(27-16)13-5-9-15(26-2)10-6-13/h3-10H,11H2,1-2H3,(H,20,22,24). The van der Waals surface area contributed by atoms with Crippen molar-refractivity contribution < 1.29 is 13.9 Å². The van der Waals surface area contributed by atoms with E-state index < -0.39 is 0 Å². The number of aromatic amines is 1. The van der Waals surface area contributed by atoms with Crippen molar-refractivity contribution in [3.8, 4) is 34.3 Å². The zero-order valence-electron chi connectivity index (χ0n) is 15.2. The summed E-state index contributed by atoms with van der Waals surface area (Å²) in [5, 5.41) is 15.9. The minimum absolute atomic E-state index is 0.465. The number of aromatic nitrogens is 5. The molecule has 2 heterocycles. The molecule has 0 bridgehead atoms. The van der Waals surface area contributed by atoms with Crippen LogP contribution >= 0.6 is 11.8 Å². The third-order valence-electron chi connectivity index (χ3n) is 3.96. The Morgan fingerprint density at radius 1 is 0.893 bits per heavy atom. The normalized spacial score (nSPS) is 10.8. The van der Waals surface area contributed by atoms with Crippen molar-refractivity contribution in [3.05, 3.63) is 54.4 Å². The number of nitrogens with zero attached hydrogens (tertiary/aromatic N) is 4. The Balaban J connectivity index is 1.39. The Hall–Kier alpha value is -3.33. The van der Waals surface area contributed by atoms with Gasteiger partial charge in [0.1, 0.15) is 11.5 Å². The summed E-state index contributed by atoms with van der Waals surface area (Å²) in [5.74, 6) is 3.70. The Morgan fingerprint density at radius 3 is 2.18 bits per heavy atom. The molecule has 8 nitrogen and oxygen atoms in total. The second-order valence-electron chi connectivity index (χ2n) is 5.71. The van der Waals surface area contributed by atoms with Crippen LogP contribution in [0.5, 0.6) is 11.5 Å². The number of nitrogens with one attached hydrogen (secondary N) is 1. The number of methoxy groups -OCH3 is 2. The molecule has 2 aromatic heterocycles. The predicted molar refractivity (Wildman–Crippen MR) is 104 cm³/mol. The molecule has 0 spiro atoms. The van der Waals surface area contributed by atoms with E-state index in [1.807, 2.05) is 48.5 Å². The number of H-pyrrole nitrogens is 1. The van der Waals surface area contributed by atoms with Crippen LogP contribution in [-0.4, -0.2) is 39.6 Å². The molecule has 2 aromatic carbocycles. The van der Waals surface area contributed by atoms with Gasteiger partial charge >= 0.3 is 0 Å². The van der Waals surface area contributed by atoms with E-state index in [1.54, 1.807) is 14.2 Å². The monoisotopic (exact) mass is 395 g/mol. The molecule has 0 aliphatic heterocycles. The number of hydrogen-bond acceptors (Lipinski definition) is 8. The Bertz CT molecular complexity index is 958. The van der Waals surface area contributed by atoms with E-state index >= 15 is 0 Å². The molecule has 0 amide bonds. The first kappa shape index (κ1) is 18.1. The largest absolute Gasteiger partial charge is 0.497 e. The summed E-state index contributed by atoms with van der Waals surface area (Å²) in [4.78, 5) is 4.49. The molecule has 0 aliphatic rings. The van der Waals surface area contributed by atoms with Crippen LogP contribution in [0.25, 0.3) is 22.8 Å². The topological polar surface area (TPSA) is 99.0 Å². The van der Waals surface area contributed by atoms with Crippen LogP contribution in [0.1, 0.15) is 5.89 Å². The second kappa shape index (κ2) is 8.13. The summed E-state index contributed by atoms with van der Waals surface area (Å²) in [6.45, 7) is 0. The molecule has 9 heteroatoms. The van der Waals surface area contributed by atoms with E-state index in [2.05, 4.69) is 25.4 Å². The van der Waals surface area contributed by atoms with Gasteiger partial charge in [-0.25, -0.2) is 4.98 Å². The summed E-state index contributed by atoms with van der Waals surface area (Å²) < 4.78 is 16.0. The van der Waals surface area contributed by atoms with E-state index in [4.69, 9.17) is 13.9 Å². The number of benzene rings is 2. The van der Waals surface area contributed by atoms with Gasteiger partial charge in [0.05, 0.1) is 20.0 Å². The van der Waals surface area contributed by atoms with Gasteiger partial charge in [0.15, 0.2) is 5.82 Å². The van der Waals surface area contributed by atoms with Gasteiger partial charge in [0.2, 0.25) is 16.9 Å². The van der Waals surface area contributed by atoms with E-state index in [0.29, 0.717) is 28.5 Å². The Kier molecular flexibility index (Phi) is 5.24. The minimum atomic E-state index is 0.465. The highest BCUT2D eigenvalue weighted by molar-refractivity contribution is 7.98. The highest BCUT2D eigenvalue weighted by Gasteiger charge is 2.12. The van der Waals surface area contributed by atoms with Crippen molar-refractivity contribution in [2.75, 3.05) is 14.2 Å². The van der Waals surface area contributed by atoms with Gasteiger partial charge in [-0.3, -0.25) is 5.10 Å². The van der Waals surface area contributed by atoms with Gasteiger partial charge in [-0.2, -0.15) is 0 Å². The first-order valence-corrected chi connectivity index (χ1v) is 9.40. The first-order valence-electron chi connectivity index (χ1n) is 8.41. The van der Waals surface area contributed by atoms with Crippen molar-refractivity contribution in [1.29, 1.82) is 0 Å². The number of rotatable bonds is 7. The Morgan fingerprint density at radius 2 is 1.54 bits per heavy atom. The molecular formula is C19H17N5O3S. The highest BCUT2D eigenvalue weighted by Crippen LogP contribution is 2.25. The fourth-order valence-corrected chi connectivity index (χ4v) is 3.11. The smallest absolute Gasteiger partial charge is 0.247 e. The van der Waals surface area contributed by atoms with Crippen molar-refractivity contribution in [2.45, 2.75) is 10.9 Å². The zero-order chi connectivity index (χ0) is 19.3. The van der Waals surface area contributed by atoms with Crippen LogP contribution in [0.15, 0.2) is 58.1 Å². The van der Waals surface area contributed by atoms with Gasteiger partial charge in [-0.15, -0.1) is 15.3 Å². The fourth-order valence-electron chi connectivity index (χ4n) is 2.48. The number of hydrogen-bond donors (Lipinski definition) is 1. The van der Waals surface area contributed by atoms with E-state index in [-0.39, 0.29) is 0 Å². The van der Waals surface area contributed by atoms with Gasteiger partial charge < -0.3 is 13.9 Å². The van der Waals surface area contributed by atoms with E-state index in [9.17, 15) is 0 Å². The number of ether oxygens (including phenoxy) is 2. The maximum absolute atomic E-state index is 5.72. The highest BCUT2D eigenvalue weighted by atomic mass is 32.2. The van der Waals surface area contributed by atoms with Crippen molar-refractivity contribution in [1.82, 2.24) is 25.4 Å². The summed E-state index contributed by atoms with van der Waals surface area (Å²) in [6.07, 6.45) is 0.